The zero-order valence-corrected chi connectivity index (χ0v) is 9.53. The summed E-state index contributed by atoms with van der Waals surface area (Å²) in [5.74, 6) is 0. The molecule has 0 fully saturated rings. The van der Waals surface area contributed by atoms with E-state index in [0.717, 1.165) is 18.1 Å². The summed E-state index contributed by atoms with van der Waals surface area (Å²) >= 11 is 7.13. The maximum atomic E-state index is 5.67. The third-order valence-corrected chi connectivity index (χ3v) is 2.74. The van der Waals surface area contributed by atoms with Crippen LogP contribution in [0.2, 0.25) is 4.47 Å². The Morgan fingerprint density at radius 1 is 1.46 bits per heavy atom. The minimum absolute atomic E-state index is 0.527. The lowest BCUT2D eigenvalue weighted by Crippen LogP contribution is -2.18. The van der Waals surface area contributed by atoms with Gasteiger partial charge in [-0.1, -0.05) is 24.7 Å². The van der Waals surface area contributed by atoms with E-state index in [1.807, 2.05) is 0 Å². The van der Waals surface area contributed by atoms with E-state index in [4.69, 9.17) is 11.6 Å². The number of aromatic nitrogens is 2. The summed E-state index contributed by atoms with van der Waals surface area (Å²) in [6, 6.07) is 0. The van der Waals surface area contributed by atoms with Gasteiger partial charge in [-0.3, -0.25) is 4.90 Å². The molecule has 0 aliphatic rings. The third-order valence-electron chi connectivity index (χ3n) is 1.74. The molecule has 0 saturated carbocycles. The molecule has 0 bridgehead atoms. The average Bonchev–Trinajstić information content (AvgIpc) is 2.48. The van der Waals surface area contributed by atoms with E-state index in [1.165, 1.54) is 24.2 Å². The molecule has 0 aliphatic heterocycles. The summed E-state index contributed by atoms with van der Waals surface area (Å²) in [5, 5.41) is 8.71. The van der Waals surface area contributed by atoms with Crippen LogP contribution in [0.1, 0.15) is 24.8 Å². The number of halogens is 1. The van der Waals surface area contributed by atoms with Crippen LogP contribution in [0.25, 0.3) is 0 Å². The zero-order valence-electron chi connectivity index (χ0n) is 7.96. The van der Waals surface area contributed by atoms with Gasteiger partial charge in [0.25, 0.3) is 0 Å². The Morgan fingerprint density at radius 2 is 2.23 bits per heavy atom. The van der Waals surface area contributed by atoms with Crippen LogP contribution in [-0.4, -0.2) is 28.7 Å². The standard InChI is InChI=1S/C8H14ClN3S/c1-3-4-5-12(2)6-7-10-11-8(9)13-7/h3-6H2,1-2H3. The predicted octanol–water partition coefficient (Wildman–Crippen LogP) is 2.42. The van der Waals surface area contributed by atoms with Gasteiger partial charge >= 0.3 is 0 Å². The third kappa shape index (κ3) is 4.02. The summed E-state index contributed by atoms with van der Waals surface area (Å²) < 4.78 is 0.527. The van der Waals surface area contributed by atoms with E-state index in [-0.39, 0.29) is 0 Å². The molecule has 1 aromatic heterocycles. The summed E-state index contributed by atoms with van der Waals surface area (Å²) in [7, 11) is 2.09. The molecule has 0 amide bonds. The van der Waals surface area contributed by atoms with Gasteiger partial charge in [0.1, 0.15) is 5.01 Å². The van der Waals surface area contributed by atoms with Crippen LogP contribution in [0.15, 0.2) is 0 Å². The molecule has 0 N–H and O–H groups in total. The molecule has 13 heavy (non-hydrogen) atoms. The molecule has 0 atom stereocenters. The van der Waals surface area contributed by atoms with Gasteiger partial charge in [-0.2, -0.15) is 0 Å². The first-order valence-electron chi connectivity index (χ1n) is 4.38. The van der Waals surface area contributed by atoms with Gasteiger partial charge in [0, 0.05) is 0 Å². The second-order valence-electron chi connectivity index (χ2n) is 3.04. The van der Waals surface area contributed by atoms with Gasteiger partial charge in [0.15, 0.2) is 0 Å². The van der Waals surface area contributed by atoms with Crippen molar-refractivity contribution in [2.75, 3.05) is 13.6 Å². The normalized spacial score (nSPS) is 11.1. The first kappa shape index (κ1) is 10.9. The number of hydrogen-bond acceptors (Lipinski definition) is 4. The van der Waals surface area contributed by atoms with Crippen LogP contribution >= 0.6 is 22.9 Å². The van der Waals surface area contributed by atoms with Crippen molar-refractivity contribution < 1.29 is 0 Å². The Labute approximate surface area is 87.7 Å². The van der Waals surface area contributed by atoms with E-state index in [9.17, 15) is 0 Å². The summed E-state index contributed by atoms with van der Waals surface area (Å²) in [6.45, 7) is 4.15. The molecule has 3 nitrogen and oxygen atoms in total. The van der Waals surface area contributed by atoms with Crippen molar-refractivity contribution in [3.8, 4) is 0 Å². The predicted molar refractivity (Wildman–Crippen MR) is 56.2 cm³/mol. The highest BCUT2D eigenvalue weighted by Crippen LogP contribution is 2.15. The second-order valence-corrected chi connectivity index (χ2v) is 4.68. The Hall–Kier alpha value is -0.190. The van der Waals surface area contributed by atoms with E-state index in [1.54, 1.807) is 0 Å². The topological polar surface area (TPSA) is 29.0 Å². The summed E-state index contributed by atoms with van der Waals surface area (Å²) in [4.78, 5) is 2.24. The van der Waals surface area contributed by atoms with Gasteiger partial charge in [0.05, 0.1) is 6.54 Å². The van der Waals surface area contributed by atoms with Crippen LogP contribution in [0.4, 0.5) is 0 Å². The van der Waals surface area contributed by atoms with E-state index < -0.39 is 0 Å². The smallest absolute Gasteiger partial charge is 0.207 e. The fourth-order valence-electron chi connectivity index (χ4n) is 1.04. The quantitative estimate of drug-likeness (QED) is 0.762. The molecular weight excluding hydrogens is 206 g/mol. The van der Waals surface area contributed by atoms with Crippen molar-refractivity contribution in [1.29, 1.82) is 0 Å². The molecule has 0 aliphatic carbocycles. The second kappa shape index (κ2) is 5.52. The first-order chi connectivity index (χ1) is 6.22. The molecule has 0 aromatic carbocycles. The van der Waals surface area contributed by atoms with Gasteiger partial charge in [-0.15, -0.1) is 10.2 Å². The molecule has 0 unspecified atom stereocenters. The van der Waals surface area contributed by atoms with E-state index in [2.05, 4.69) is 29.1 Å². The monoisotopic (exact) mass is 219 g/mol. The number of rotatable bonds is 5. The highest BCUT2D eigenvalue weighted by Gasteiger charge is 2.04. The minimum atomic E-state index is 0.527. The van der Waals surface area contributed by atoms with Crippen LogP contribution in [-0.2, 0) is 6.54 Å². The lowest BCUT2D eigenvalue weighted by Gasteiger charge is -2.13. The van der Waals surface area contributed by atoms with Gasteiger partial charge in [-0.25, -0.2) is 0 Å². The van der Waals surface area contributed by atoms with Crippen molar-refractivity contribution in [3.63, 3.8) is 0 Å². The molecule has 0 spiro atoms. The fourth-order valence-corrected chi connectivity index (χ4v) is 1.98. The number of unbranched alkanes of at least 4 members (excludes halogenated alkanes) is 1. The van der Waals surface area contributed by atoms with E-state index >= 15 is 0 Å². The fraction of sp³-hybridized carbons (Fsp3) is 0.750. The van der Waals surface area contributed by atoms with Gasteiger partial charge in [-0.05, 0) is 31.6 Å². The van der Waals surface area contributed by atoms with Gasteiger partial charge in [0.2, 0.25) is 4.47 Å². The van der Waals surface area contributed by atoms with Crippen LogP contribution in [0.3, 0.4) is 0 Å². The Kier molecular flexibility index (Phi) is 4.62. The minimum Gasteiger partial charge on any atom is -0.300 e. The van der Waals surface area contributed by atoms with Crippen molar-refractivity contribution in [1.82, 2.24) is 15.1 Å². The molecule has 0 saturated heterocycles. The Morgan fingerprint density at radius 3 is 2.77 bits per heavy atom. The maximum absolute atomic E-state index is 5.67. The van der Waals surface area contributed by atoms with Crippen LogP contribution < -0.4 is 0 Å². The van der Waals surface area contributed by atoms with Crippen molar-refractivity contribution in [3.05, 3.63) is 9.47 Å². The van der Waals surface area contributed by atoms with Crippen molar-refractivity contribution in [2.45, 2.75) is 26.3 Å². The van der Waals surface area contributed by atoms with Crippen molar-refractivity contribution >= 4 is 22.9 Å². The summed E-state index contributed by atoms with van der Waals surface area (Å²) in [6.07, 6.45) is 2.45. The highest BCUT2D eigenvalue weighted by molar-refractivity contribution is 7.15. The molecule has 5 heteroatoms. The van der Waals surface area contributed by atoms with Crippen LogP contribution in [0.5, 0.6) is 0 Å². The summed E-state index contributed by atoms with van der Waals surface area (Å²) in [5.41, 5.74) is 0. The average molecular weight is 220 g/mol. The van der Waals surface area contributed by atoms with Gasteiger partial charge < -0.3 is 0 Å². The molecule has 0 radical (unpaired) electrons. The molecule has 1 heterocycles. The van der Waals surface area contributed by atoms with E-state index in [0.29, 0.717) is 4.47 Å². The molecule has 1 aromatic rings. The van der Waals surface area contributed by atoms with Crippen molar-refractivity contribution in [2.24, 2.45) is 0 Å². The Balaban J connectivity index is 2.31. The molecule has 1 rings (SSSR count). The van der Waals surface area contributed by atoms with Crippen LogP contribution in [0, 0.1) is 0 Å². The SMILES string of the molecule is CCCCN(C)Cc1nnc(Cl)s1. The molecular formula is C8H14ClN3S. The number of hydrogen-bond donors (Lipinski definition) is 0. The number of nitrogens with zero attached hydrogens (tertiary/aromatic N) is 3. The first-order valence-corrected chi connectivity index (χ1v) is 5.58. The highest BCUT2D eigenvalue weighted by atomic mass is 35.5. The zero-order chi connectivity index (χ0) is 9.68. The lowest BCUT2D eigenvalue weighted by atomic mass is 10.3. The Bertz CT molecular complexity index is 251. The molecule has 74 valence electrons. The largest absolute Gasteiger partial charge is 0.300 e. The maximum Gasteiger partial charge on any atom is 0.207 e. The lowest BCUT2D eigenvalue weighted by molar-refractivity contribution is 0.319.